The smallest absolute Gasteiger partial charge is 0.274 e. The number of fused-ring (bicyclic) bond motifs is 1. The van der Waals surface area contributed by atoms with Gasteiger partial charge in [0.1, 0.15) is 5.71 Å². The summed E-state index contributed by atoms with van der Waals surface area (Å²) in [5.41, 5.74) is -0.439. The van der Waals surface area contributed by atoms with Gasteiger partial charge in [-0.05, 0) is 17.7 Å². The molecule has 0 unspecified atom stereocenters. The van der Waals surface area contributed by atoms with E-state index in [1.165, 1.54) is 0 Å². The molecule has 3 aromatic rings. The minimum atomic E-state index is -1.93. The van der Waals surface area contributed by atoms with Crippen molar-refractivity contribution >= 4 is 34.7 Å². The van der Waals surface area contributed by atoms with Gasteiger partial charge in [0.2, 0.25) is 17.3 Å². The Hall–Kier alpha value is -3.57. The maximum atomic E-state index is 13.4. The molecule has 0 saturated carbocycles. The van der Waals surface area contributed by atoms with E-state index in [1.807, 2.05) is 0 Å². The van der Waals surface area contributed by atoms with E-state index in [4.69, 9.17) is 16.4 Å². The standard InChI is InChI=1S/C24H14ClNO4/c25-16-12-10-14(11-13-16)19-20(21(27)15-6-2-1-3-7-15)26-30-24(19)22(28)17-8-4-5-9-18(17)23(24)29/h1-13,19H/t19-/m0/s1. The van der Waals surface area contributed by atoms with E-state index < -0.39 is 28.9 Å². The quantitative estimate of drug-likeness (QED) is 0.466. The first-order valence-corrected chi connectivity index (χ1v) is 9.72. The molecule has 2 aliphatic rings. The van der Waals surface area contributed by atoms with Crippen molar-refractivity contribution in [2.75, 3.05) is 0 Å². The van der Waals surface area contributed by atoms with Gasteiger partial charge in [0.05, 0.1) is 5.92 Å². The van der Waals surface area contributed by atoms with Crippen molar-refractivity contribution < 1.29 is 19.2 Å². The number of halogens is 1. The second-order valence-corrected chi connectivity index (χ2v) is 7.62. The van der Waals surface area contributed by atoms with Crippen LogP contribution in [0.15, 0.2) is 84.0 Å². The lowest BCUT2D eigenvalue weighted by Crippen LogP contribution is -2.48. The van der Waals surface area contributed by atoms with E-state index in [2.05, 4.69) is 5.16 Å². The van der Waals surface area contributed by atoms with E-state index in [0.717, 1.165) is 0 Å². The van der Waals surface area contributed by atoms with Gasteiger partial charge in [-0.3, -0.25) is 14.4 Å². The van der Waals surface area contributed by atoms with E-state index in [1.54, 1.807) is 78.9 Å². The fraction of sp³-hybridized carbons (Fsp3) is 0.0833. The van der Waals surface area contributed by atoms with Crippen molar-refractivity contribution in [3.8, 4) is 0 Å². The van der Waals surface area contributed by atoms with Crippen LogP contribution in [0.4, 0.5) is 0 Å². The second-order valence-electron chi connectivity index (χ2n) is 7.19. The van der Waals surface area contributed by atoms with Gasteiger partial charge in [0.25, 0.3) is 5.60 Å². The Morgan fingerprint density at radius 1 is 0.833 bits per heavy atom. The van der Waals surface area contributed by atoms with Gasteiger partial charge >= 0.3 is 0 Å². The fourth-order valence-electron chi connectivity index (χ4n) is 4.10. The third-order valence-electron chi connectivity index (χ3n) is 5.53. The van der Waals surface area contributed by atoms with Gasteiger partial charge < -0.3 is 4.84 Å². The zero-order valence-electron chi connectivity index (χ0n) is 15.5. The first kappa shape index (κ1) is 18.5. The lowest BCUT2D eigenvalue weighted by molar-refractivity contribution is 0.00129. The minimum Gasteiger partial charge on any atom is -0.371 e. The van der Waals surface area contributed by atoms with Gasteiger partial charge in [-0.1, -0.05) is 83.5 Å². The Bertz CT molecular complexity index is 1200. The van der Waals surface area contributed by atoms with E-state index >= 15 is 0 Å². The largest absolute Gasteiger partial charge is 0.371 e. The predicted molar refractivity (Wildman–Crippen MR) is 111 cm³/mol. The number of carbonyl (C=O) groups is 3. The molecule has 1 aliphatic carbocycles. The lowest BCUT2D eigenvalue weighted by atomic mass is 9.74. The first-order chi connectivity index (χ1) is 14.5. The van der Waals surface area contributed by atoms with Crippen LogP contribution < -0.4 is 0 Å². The second kappa shape index (κ2) is 6.75. The van der Waals surface area contributed by atoms with Crippen molar-refractivity contribution in [3.05, 3.63) is 106 Å². The number of Topliss-reactive ketones (excluding diaryl/α,β-unsaturated/α-hetero) is 3. The molecule has 0 aromatic heterocycles. The molecule has 146 valence electrons. The number of benzene rings is 3. The zero-order valence-corrected chi connectivity index (χ0v) is 16.3. The molecule has 3 aromatic carbocycles. The summed E-state index contributed by atoms with van der Waals surface area (Å²) in [6.45, 7) is 0. The Morgan fingerprint density at radius 3 is 2.00 bits per heavy atom. The van der Waals surface area contributed by atoms with Crippen LogP contribution in [0, 0.1) is 0 Å². The highest BCUT2D eigenvalue weighted by Crippen LogP contribution is 2.47. The van der Waals surface area contributed by atoms with Crippen LogP contribution >= 0.6 is 11.6 Å². The fourth-order valence-corrected chi connectivity index (χ4v) is 4.23. The molecular weight excluding hydrogens is 402 g/mol. The number of rotatable bonds is 3. The highest BCUT2D eigenvalue weighted by molar-refractivity contribution is 6.51. The topological polar surface area (TPSA) is 72.8 Å². The summed E-state index contributed by atoms with van der Waals surface area (Å²) in [6, 6.07) is 21.8. The van der Waals surface area contributed by atoms with Gasteiger partial charge in [-0.2, -0.15) is 0 Å². The van der Waals surface area contributed by atoms with Crippen LogP contribution in [0.25, 0.3) is 0 Å². The first-order valence-electron chi connectivity index (χ1n) is 9.34. The molecule has 5 nitrogen and oxygen atoms in total. The third-order valence-corrected chi connectivity index (χ3v) is 5.78. The number of nitrogens with zero attached hydrogens (tertiary/aromatic N) is 1. The van der Waals surface area contributed by atoms with E-state index in [9.17, 15) is 14.4 Å². The van der Waals surface area contributed by atoms with Crippen molar-refractivity contribution in [2.24, 2.45) is 5.16 Å². The van der Waals surface area contributed by atoms with E-state index in [-0.39, 0.29) is 16.8 Å². The molecule has 0 N–H and O–H groups in total. The zero-order chi connectivity index (χ0) is 20.9. The highest BCUT2D eigenvalue weighted by atomic mass is 35.5. The summed E-state index contributed by atoms with van der Waals surface area (Å²) in [7, 11) is 0. The average molecular weight is 416 g/mol. The molecule has 5 rings (SSSR count). The third kappa shape index (κ3) is 2.49. The minimum absolute atomic E-state index is 0.0121. The van der Waals surface area contributed by atoms with Crippen LogP contribution in [-0.2, 0) is 4.84 Å². The van der Waals surface area contributed by atoms with Crippen molar-refractivity contribution in [1.82, 2.24) is 0 Å². The van der Waals surface area contributed by atoms with Crippen LogP contribution in [0.2, 0.25) is 5.02 Å². The SMILES string of the molecule is O=C(C1=NOC2(C(=O)c3ccccc3C2=O)[C@H]1c1ccc(Cl)cc1)c1ccccc1. The summed E-state index contributed by atoms with van der Waals surface area (Å²) in [5, 5.41) is 4.50. The lowest BCUT2D eigenvalue weighted by Gasteiger charge is -2.26. The summed E-state index contributed by atoms with van der Waals surface area (Å²) in [6.07, 6.45) is 0. The molecular formula is C24H14ClNO4. The Morgan fingerprint density at radius 2 is 1.40 bits per heavy atom. The highest BCUT2D eigenvalue weighted by Gasteiger charge is 2.66. The molecule has 0 bridgehead atoms. The number of hydrogen-bond donors (Lipinski definition) is 0. The molecule has 1 heterocycles. The monoisotopic (exact) mass is 415 g/mol. The van der Waals surface area contributed by atoms with Crippen LogP contribution in [0.1, 0.15) is 42.6 Å². The summed E-state index contributed by atoms with van der Waals surface area (Å²) in [5.74, 6) is -2.39. The molecule has 6 heteroatoms. The van der Waals surface area contributed by atoms with Crippen molar-refractivity contribution in [2.45, 2.75) is 11.5 Å². The summed E-state index contributed by atoms with van der Waals surface area (Å²) >= 11 is 6.03. The van der Waals surface area contributed by atoms with Crippen LogP contribution in [0.5, 0.6) is 0 Å². The number of ketones is 3. The summed E-state index contributed by atoms with van der Waals surface area (Å²) < 4.78 is 0. The van der Waals surface area contributed by atoms with Crippen molar-refractivity contribution in [3.63, 3.8) is 0 Å². The molecule has 1 spiro atoms. The number of oxime groups is 1. The molecule has 1 atom stereocenters. The molecule has 30 heavy (non-hydrogen) atoms. The molecule has 0 fully saturated rings. The van der Waals surface area contributed by atoms with Crippen molar-refractivity contribution in [1.29, 1.82) is 0 Å². The van der Waals surface area contributed by atoms with Gasteiger partial charge in [-0.25, -0.2) is 0 Å². The maximum Gasteiger partial charge on any atom is 0.274 e. The maximum absolute atomic E-state index is 13.4. The Kier molecular flexibility index (Phi) is 4.15. The Labute approximate surface area is 176 Å². The van der Waals surface area contributed by atoms with Crippen LogP contribution in [-0.4, -0.2) is 28.7 Å². The molecule has 0 amide bonds. The molecule has 0 radical (unpaired) electrons. The molecule has 0 saturated heterocycles. The molecule has 1 aliphatic heterocycles. The number of carbonyl (C=O) groups excluding carboxylic acids is 3. The normalized spacial score (nSPS) is 18.8. The Balaban J connectivity index is 1.68. The van der Waals surface area contributed by atoms with E-state index in [0.29, 0.717) is 16.1 Å². The van der Waals surface area contributed by atoms with Crippen LogP contribution in [0.3, 0.4) is 0 Å². The van der Waals surface area contributed by atoms with Gasteiger partial charge in [0.15, 0.2) is 0 Å². The average Bonchev–Trinajstić information content (AvgIpc) is 3.28. The summed E-state index contributed by atoms with van der Waals surface area (Å²) in [4.78, 5) is 45.7. The van der Waals surface area contributed by atoms with Gasteiger partial charge in [-0.15, -0.1) is 0 Å². The number of hydrogen-bond acceptors (Lipinski definition) is 5. The van der Waals surface area contributed by atoms with Gasteiger partial charge in [0, 0.05) is 21.7 Å². The predicted octanol–water partition coefficient (Wildman–Crippen LogP) is 4.51.